The number of ether oxygens (including phenoxy) is 1. The van der Waals surface area contributed by atoms with Gasteiger partial charge in [0.15, 0.2) is 5.82 Å². The summed E-state index contributed by atoms with van der Waals surface area (Å²) >= 11 is 0. The molecule has 0 aliphatic heterocycles. The Morgan fingerprint density at radius 2 is 1.72 bits per heavy atom. The first-order valence-electron chi connectivity index (χ1n) is 8.42. The molecule has 130 valence electrons. The predicted octanol–water partition coefficient (Wildman–Crippen LogP) is 4.08. The molecule has 25 heavy (non-hydrogen) atoms. The van der Waals surface area contributed by atoms with Gasteiger partial charge in [0, 0.05) is 11.6 Å². The van der Waals surface area contributed by atoms with Crippen LogP contribution in [0.1, 0.15) is 48.8 Å². The number of para-hydroxylation sites is 1. The van der Waals surface area contributed by atoms with Gasteiger partial charge in [0.2, 0.25) is 5.89 Å². The van der Waals surface area contributed by atoms with E-state index in [0.29, 0.717) is 18.1 Å². The molecular weight excluding hydrogens is 314 g/mol. The Bertz CT molecular complexity index is 801. The van der Waals surface area contributed by atoms with Crippen molar-refractivity contribution in [1.82, 2.24) is 15.5 Å². The van der Waals surface area contributed by atoms with Crippen molar-refractivity contribution in [1.29, 1.82) is 0 Å². The molecule has 2 atom stereocenters. The molecule has 0 aliphatic rings. The van der Waals surface area contributed by atoms with E-state index in [9.17, 15) is 0 Å². The average molecular weight is 337 g/mol. The molecule has 0 amide bonds. The van der Waals surface area contributed by atoms with E-state index in [1.807, 2.05) is 43.3 Å². The van der Waals surface area contributed by atoms with Crippen LogP contribution in [-0.4, -0.2) is 17.3 Å². The van der Waals surface area contributed by atoms with Crippen molar-refractivity contribution >= 4 is 0 Å². The van der Waals surface area contributed by atoms with E-state index in [4.69, 9.17) is 9.26 Å². The molecule has 5 nitrogen and oxygen atoms in total. The Labute approximate surface area is 148 Å². The van der Waals surface area contributed by atoms with Crippen molar-refractivity contribution in [2.45, 2.75) is 32.4 Å². The highest BCUT2D eigenvalue weighted by Gasteiger charge is 2.18. The molecule has 1 N–H and O–H groups in total. The Balaban J connectivity index is 1.66. The lowest BCUT2D eigenvalue weighted by molar-refractivity contribution is 0.366. The van der Waals surface area contributed by atoms with E-state index in [0.717, 1.165) is 16.9 Å². The van der Waals surface area contributed by atoms with Crippen LogP contribution in [-0.2, 0) is 6.42 Å². The van der Waals surface area contributed by atoms with Crippen LogP contribution in [0.5, 0.6) is 5.75 Å². The fourth-order valence-electron chi connectivity index (χ4n) is 2.85. The van der Waals surface area contributed by atoms with E-state index in [1.165, 1.54) is 0 Å². The molecular formula is C20H23N3O2. The van der Waals surface area contributed by atoms with Gasteiger partial charge in [-0.2, -0.15) is 4.98 Å². The van der Waals surface area contributed by atoms with Gasteiger partial charge in [0.05, 0.1) is 19.6 Å². The van der Waals surface area contributed by atoms with Crippen molar-refractivity contribution in [2.75, 3.05) is 7.11 Å². The zero-order valence-corrected chi connectivity index (χ0v) is 14.8. The van der Waals surface area contributed by atoms with Crippen LogP contribution >= 0.6 is 0 Å². The average Bonchev–Trinajstić information content (AvgIpc) is 3.11. The largest absolute Gasteiger partial charge is 0.496 e. The zero-order valence-electron chi connectivity index (χ0n) is 14.8. The molecule has 5 heteroatoms. The van der Waals surface area contributed by atoms with Crippen molar-refractivity contribution in [2.24, 2.45) is 0 Å². The molecule has 0 radical (unpaired) electrons. The molecule has 0 saturated heterocycles. The van der Waals surface area contributed by atoms with Crippen LogP contribution < -0.4 is 10.1 Å². The van der Waals surface area contributed by atoms with Crippen LogP contribution in [0, 0.1) is 0 Å². The molecule has 0 aliphatic carbocycles. The second-order valence-electron chi connectivity index (χ2n) is 6.06. The summed E-state index contributed by atoms with van der Waals surface area (Å²) in [6, 6.07) is 18.2. The van der Waals surface area contributed by atoms with Gasteiger partial charge in [0.25, 0.3) is 0 Å². The molecule has 1 aromatic heterocycles. The zero-order chi connectivity index (χ0) is 17.6. The van der Waals surface area contributed by atoms with Gasteiger partial charge in [-0.3, -0.25) is 0 Å². The highest BCUT2D eigenvalue weighted by atomic mass is 16.5. The van der Waals surface area contributed by atoms with Crippen LogP contribution in [0.2, 0.25) is 0 Å². The van der Waals surface area contributed by atoms with Crippen molar-refractivity contribution in [3.05, 3.63) is 77.4 Å². The maximum Gasteiger partial charge on any atom is 0.231 e. The summed E-state index contributed by atoms with van der Waals surface area (Å²) < 4.78 is 10.8. The Hall–Kier alpha value is -2.66. The summed E-state index contributed by atoms with van der Waals surface area (Å²) in [4.78, 5) is 4.52. The van der Waals surface area contributed by atoms with E-state index >= 15 is 0 Å². The molecule has 3 rings (SSSR count). The maximum atomic E-state index is 5.43. The van der Waals surface area contributed by atoms with Gasteiger partial charge in [0.1, 0.15) is 5.75 Å². The molecule has 0 fully saturated rings. The topological polar surface area (TPSA) is 60.2 Å². The summed E-state index contributed by atoms with van der Waals surface area (Å²) in [5.41, 5.74) is 2.26. The number of nitrogens with one attached hydrogen (secondary N) is 1. The Morgan fingerprint density at radius 1 is 1.00 bits per heavy atom. The smallest absolute Gasteiger partial charge is 0.231 e. The van der Waals surface area contributed by atoms with Crippen LogP contribution in [0.4, 0.5) is 0 Å². The number of hydrogen-bond acceptors (Lipinski definition) is 5. The van der Waals surface area contributed by atoms with E-state index in [1.54, 1.807) is 7.11 Å². The third-order valence-corrected chi connectivity index (χ3v) is 4.17. The lowest BCUT2D eigenvalue weighted by Crippen LogP contribution is -2.23. The Morgan fingerprint density at radius 3 is 2.48 bits per heavy atom. The molecule has 1 heterocycles. The van der Waals surface area contributed by atoms with Gasteiger partial charge >= 0.3 is 0 Å². The van der Waals surface area contributed by atoms with Crippen LogP contribution in [0.25, 0.3) is 0 Å². The summed E-state index contributed by atoms with van der Waals surface area (Å²) in [7, 11) is 1.68. The molecule has 3 aromatic rings. The normalized spacial score (nSPS) is 13.4. The van der Waals surface area contributed by atoms with Crippen molar-refractivity contribution in [3.8, 4) is 5.75 Å². The minimum atomic E-state index is -0.0341. The molecule has 0 saturated carbocycles. The lowest BCUT2D eigenvalue weighted by atomic mass is 10.1. The molecule has 2 aromatic carbocycles. The first kappa shape index (κ1) is 17.2. The monoisotopic (exact) mass is 337 g/mol. The number of hydrogen-bond donors (Lipinski definition) is 1. The van der Waals surface area contributed by atoms with E-state index < -0.39 is 0 Å². The third-order valence-electron chi connectivity index (χ3n) is 4.17. The lowest BCUT2D eigenvalue weighted by Gasteiger charge is -2.20. The SMILES string of the molecule is COc1ccccc1[C@H](C)N[C@@H](C)c1noc(Cc2ccccc2)n1. The van der Waals surface area contributed by atoms with E-state index in [-0.39, 0.29) is 12.1 Å². The van der Waals surface area contributed by atoms with Crippen LogP contribution in [0.15, 0.2) is 59.1 Å². The molecule has 0 spiro atoms. The summed E-state index contributed by atoms with van der Waals surface area (Å²) in [6.07, 6.45) is 0.641. The number of nitrogens with zero attached hydrogens (tertiary/aromatic N) is 2. The summed E-state index contributed by atoms with van der Waals surface area (Å²) in [5.74, 6) is 2.15. The van der Waals surface area contributed by atoms with E-state index in [2.05, 4.69) is 40.6 Å². The van der Waals surface area contributed by atoms with Gasteiger partial charge in [-0.05, 0) is 25.5 Å². The third kappa shape index (κ3) is 4.25. The number of rotatable bonds is 7. The predicted molar refractivity (Wildman–Crippen MR) is 96.5 cm³/mol. The summed E-state index contributed by atoms with van der Waals surface area (Å²) in [5, 5.41) is 7.62. The minimum absolute atomic E-state index is 0.0341. The standard InChI is InChI=1S/C20H23N3O2/c1-14(17-11-7-8-12-18(17)24-3)21-15(2)20-22-19(25-23-20)13-16-9-5-4-6-10-16/h4-12,14-15,21H,13H2,1-3H3/t14-,15-/m0/s1. The fourth-order valence-corrected chi connectivity index (χ4v) is 2.85. The van der Waals surface area contributed by atoms with Crippen molar-refractivity contribution < 1.29 is 9.26 Å². The van der Waals surface area contributed by atoms with Crippen LogP contribution in [0.3, 0.4) is 0 Å². The van der Waals surface area contributed by atoms with Gasteiger partial charge in [-0.1, -0.05) is 53.7 Å². The number of aromatic nitrogens is 2. The minimum Gasteiger partial charge on any atom is -0.496 e. The molecule has 0 bridgehead atoms. The van der Waals surface area contributed by atoms with Gasteiger partial charge < -0.3 is 14.6 Å². The maximum absolute atomic E-state index is 5.43. The first-order valence-corrected chi connectivity index (χ1v) is 8.42. The molecule has 0 unspecified atom stereocenters. The fraction of sp³-hybridized carbons (Fsp3) is 0.300. The second kappa shape index (κ2) is 7.94. The second-order valence-corrected chi connectivity index (χ2v) is 6.06. The first-order chi connectivity index (χ1) is 12.2. The Kier molecular flexibility index (Phi) is 5.46. The summed E-state index contributed by atoms with van der Waals surface area (Å²) in [6.45, 7) is 4.13. The van der Waals surface area contributed by atoms with Gasteiger partial charge in [-0.25, -0.2) is 0 Å². The van der Waals surface area contributed by atoms with Crippen molar-refractivity contribution in [3.63, 3.8) is 0 Å². The number of methoxy groups -OCH3 is 1. The van der Waals surface area contributed by atoms with Gasteiger partial charge in [-0.15, -0.1) is 0 Å². The quantitative estimate of drug-likeness (QED) is 0.704. The number of benzene rings is 2. The highest BCUT2D eigenvalue weighted by molar-refractivity contribution is 5.35. The highest BCUT2D eigenvalue weighted by Crippen LogP contribution is 2.26.